The number of rotatable bonds is 1. The SMILES string of the molecule is C#CC(C)c1ccc2c(c1)C(C)(C)C[B]2. The second-order valence-corrected chi connectivity index (χ2v) is 5.03. The topological polar surface area (TPSA) is 0 Å². The summed E-state index contributed by atoms with van der Waals surface area (Å²) in [6, 6.07) is 6.64. The highest BCUT2D eigenvalue weighted by molar-refractivity contribution is 6.56. The monoisotopic (exact) mass is 195 g/mol. The maximum absolute atomic E-state index is 5.46. The van der Waals surface area contributed by atoms with Crippen molar-refractivity contribution in [1.29, 1.82) is 0 Å². The molecular formula is C14H16B. The second kappa shape index (κ2) is 3.45. The maximum atomic E-state index is 5.46. The molecule has 15 heavy (non-hydrogen) atoms. The van der Waals surface area contributed by atoms with Gasteiger partial charge < -0.3 is 0 Å². The molecule has 2 rings (SSSR count). The van der Waals surface area contributed by atoms with Crippen molar-refractivity contribution < 1.29 is 0 Å². The molecule has 0 saturated carbocycles. The van der Waals surface area contributed by atoms with Crippen LogP contribution in [0.2, 0.25) is 6.32 Å². The van der Waals surface area contributed by atoms with Gasteiger partial charge in [-0.1, -0.05) is 49.7 Å². The summed E-state index contributed by atoms with van der Waals surface area (Å²) in [5.41, 5.74) is 4.37. The van der Waals surface area contributed by atoms with Gasteiger partial charge in [-0.15, -0.1) is 6.42 Å². The predicted molar refractivity (Wildman–Crippen MR) is 66.9 cm³/mol. The van der Waals surface area contributed by atoms with Crippen LogP contribution in [-0.4, -0.2) is 7.28 Å². The van der Waals surface area contributed by atoms with E-state index in [0.717, 1.165) is 6.32 Å². The van der Waals surface area contributed by atoms with Gasteiger partial charge in [-0.05, 0) is 23.5 Å². The number of terminal acetylenes is 1. The third-order valence-electron chi connectivity index (χ3n) is 3.39. The molecule has 75 valence electrons. The summed E-state index contributed by atoms with van der Waals surface area (Å²) in [6.07, 6.45) is 6.59. The Balaban J connectivity index is 2.47. The summed E-state index contributed by atoms with van der Waals surface area (Å²) >= 11 is 0. The molecule has 1 aliphatic heterocycles. The molecule has 0 N–H and O–H groups in total. The van der Waals surface area contributed by atoms with E-state index in [4.69, 9.17) is 6.42 Å². The van der Waals surface area contributed by atoms with Crippen molar-refractivity contribution in [2.24, 2.45) is 0 Å². The Morgan fingerprint density at radius 3 is 2.87 bits per heavy atom. The van der Waals surface area contributed by atoms with E-state index in [9.17, 15) is 0 Å². The molecular weight excluding hydrogens is 179 g/mol. The molecule has 0 saturated heterocycles. The van der Waals surface area contributed by atoms with Crippen LogP contribution in [0, 0.1) is 12.3 Å². The average molecular weight is 195 g/mol. The third kappa shape index (κ3) is 1.70. The molecule has 0 fully saturated rings. The fourth-order valence-corrected chi connectivity index (χ4v) is 2.18. The summed E-state index contributed by atoms with van der Waals surface area (Å²) in [4.78, 5) is 0. The van der Waals surface area contributed by atoms with E-state index >= 15 is 0 Å². The average Bonchev–Trinajstić information content (AvgIpc) is 2.53. The molecule has 0 spiro atoms. The highest BCUT2D eigenvalue weighted by atomic mass is 14.3. The molecule has 0 bridgehead atoms. The molecule has 1 atom stereocenters. The molecule has 1 radical (unpaired) electrons. The first-order chi connectivity index (χ1) is 7.04. The largest absolute Gasteiger partial charge is 0.152 e. The van der Waals surface area contributed by atoms with Gasteiger partial charge in [0.1, 0.15) is 0 Å². The standard InChI is InChI=1S/C14H16B/c1-5-10(2)11-6-7-13-12(8-11)14(3,4)9-15-13/h1,6-8,10H,9H2,2-4H3. The van der Waals surface area contributed by atoms with Crippen LogP contribution in [0.4, 0.5) is 0 Å². The molecule has 0 amide bonds. The summed E-state index contributed by atoms with van der Waals surface area (Å²) < 4.78 is 0. The van der Waals surface area contributed by atoms with E-state index in [2.05, 4.69) is 52.2 Å². The summed E-state index contributed by atoms with van der Waals surface area (Å²) in [6.45, 7) is 6.66. The molecule has 1 aromatic rings. The first kappa shape index (κ1) is 10.4. The van der Waals surface area contributed by atoms with Crippen molar-refractivity contribution in [3.05, 3.63) is 29.3 Å². The van der Waals surface area contributed by atoms with Crippen molar-refractivity contribution in [1.82, 2.24) is 0 Å². The van der Waals surface area contributed by atoms with Crippen LogP contribution in [0.15, 0.2) is 18.2 Å². The summed E-state index contributed by atoms with van der Waals surface area (Å²) in [5.74, 6) is 3.00. The van der Waals surface area contributed by atoms with Gasteiger partial charge in [0.2, 0.25) is 0 Å². The van der Waals surface area contributed by atoms with Crippen LogP contribution in [-0.2, 0) is 5.41 Å². The highest BCUT2D eigenvalue weighted by Gasteiger charge is 2.30. The number of fused-ring (bicyclic) bond motifs is 1. The van der Waals surface area contributed by atoms with Crippen LogP contribution in [0.25, 0.3) is 0 Å². The fraction of sp³-hybridized carbons (Fsp3) is 0.429. The smallest absolute Gasteiger partial charge is 0.119 e. The molecule has 0 nitrogen and oxygen atoms in total. The normalized spacial score (nSPS) is 18.8. The van der Waals surface area contributed by atoms with E-state index in [-0.39, 0.29) is 11.3 Å². The van der Waals surface area contributed by atoms with Gasteiger partial charge in [0.25, 0.3) is 0 Å². The maximum Gasteiger partial charge on any atom is 0.152 e. The number of benzene rings is 1. The van der Waals surface area contributed by atoms with Crippen molar-refractivity contribution >= 4 is 12.7 Å². The highest BCUT2D eigenvalue weighted by Crippen LogP contribution is 2.32. The zero-order chi connectivity index (χ0) is 11.1. The lowest BCUT2D eigenvalue weighted by Gasteiger charge is -2.21. The van der Waals surface area contributed by atoms with E-state index < -0.39 is 0 Å². The van der Waals surface area contributed by atoms with Gasteiger partial charge in [0, 0.05) is 5.92 Å². The lowest BCUT2D eigenvalue weighted by Crippen LogP contribution is -2.16. The van der Waals surface area contributed by atoms with Crippen molar-refractivity contribution in [2.75, 3.05) is 0 Å². The molecule has 1 unspecified atom stereocenters. The predicted octanol–water partition coefficient (Wildman–Crippen LogP) is 2.46. The van der Waals surface area contributed by atoms with Gasteiger partial charge >= 0.3 is 0 Å². The lowest BCUT2D eigenvalue weighted by molar-refractivity contribution is 0.602. The summed E-state index contributed by atoms with van der Waals surface area (Å²) in [5, 5.41) is 0. The van der Waals surface area contributed by atoms with Gasteiger partial charge in [-0.25, -0.2) is 0 Å². The van der Waals surface area contributed by atoms with Crippen LogP contribution in [0.5, 0.6) is 0 Å². The minimum absolute atomic E-state index is 0.215. The first-order valence-electron chi connectivity index (χ1n) is 5.48. The van der Waals surface area contributed by atoms with Gasteiger partial charge in [0.15, 0.2) is 7.28 Å². The van der Waals surface area contributed by atoms with Crippen LogP contribution >= 0.6 is 0 Å². The molecule has 1 aromatic carbocycles. The first-order valence-corrected chi connectivity index (χ1v) is 5.48. The Bertz CT molecular complexity index is 423. The van der Waals surface area contributed by atoms with Crippen molar-refractivity contribution in [3.8, 4) is 12.3 Å². The minimum Gasteiger partial charge on any atom is -0.119 e. The zero-order valence-corrected chi connectivity index (χ0v) is 9.67. The van der Waals surface area contributed by atoms with Crippen LogP contribution < -0.4 is 5.46 Å². The Kier molecular flexibility index (Phi) is 2.39. The van der Waals surface area contributed by atoms with E-state index in [0.29, 0.717) is 0 Å². The van der Waals surface area contributed by atoms with E-state index in [1.807, 2.05) is 0 Å². The Labute approximate surface area is 93.3 Å². The lowest BCUT2D eigenvalue weighted by atomic mass is 9.69. The summed E-state index contributed by atoms with van der Waals surface area (Å²) in [7, 11) is 2.32. The minimum atomic E-state index is 0.215. The van der Waals surface area contributed by atoms with Crippen LogP contribution in [0.3, 0.4) is 0 Å². The van der Waals surface area contributed by atoms with Gasteiger partial charge in [-0.3, -0.25) is 0 Å². The molecule has 1 heteroatoms. The third-order valence-corrected chi connectivity index (χ3v) is 3.39. The quantitative estimate of drug-likeness (QED) is 0.477. The second-order valence-electron chi connectivity index (χ2n) is 5.03. The molecule has 1 heterocycles. The van der Waals surface area contributed by atoms with E-state index in [1.54, 1.807) is 0 Å². The Morgan fingerprint density at radius 1 is 1.47 bits per heavy atom. The Hall–Kier alpha value is -1.16. The molecule has 0 aliphatic carbocycles. The van der Waals surface area contributed by atoms with E-state index in [1.165, 1.54) is 16.6 Å². The van der Waals surface area contributed by atoms with Gasteiger partial charge in [0.05, 0.1) is 0 Å². The van der Waals surface area contributed by atoms with Gasteiger partial charge in [-0.2, -0.15) is 0 Å². The Morgan fingerprint density at radius 2 is 2.20 bits per heavy atom. The van der Waals surface area contributed by atoms with Crippen LogP contribution in [0.1, 0.15) is 37.8 Å². The van der Waals surface area contributed by atoms with Crippen molar-refractivity contribution in [3.63, 3.8) is 0 Å². The number of hydrogen-bond acceptors (Lipinski definition) is 0. The molecule has 1 aliphatic rings. The zero-order valence-electron chi connectivity index (χ0n) is 9.67. The van der Waals surface area contributed by atoms with Crippen molar-refractivity contribution in [2.45, 2.75) is 38.4 Å². The molecule has 0 aromatic heterocycles. The number of hydrogen-bond donors (Lipinski definition) is 0. The fourth-order valence-electron chi connectivity index (χ4n) is 2.18.